The van der Waals surface area contributed by atoms with Crippen LogP contribution in [0.25, 0.3) is 0 Å². The number of carbonyl (C=O) groups is 1. The van der Waals surface area contributed by atoms with Gasteiger partial charge in [0, 0.05) is 5.56 Å². The van der Waals surface area contributed by atoms with E-state index in [1.807, 2.05) is 12.1 Å². The van der Waals surface area contributed by atoms with Gasteiger partial charge in [-0.15, -0.1) is 0 Å². The second-order valence-electron chi connectivity index (χ2n) is 6.99. The molecule has 1 aromatic carbocycles. The molecule has 0 aromatic heterocycles. The molecule has 0 heterocycles. The van der Waals surface area contributed by atoms with Crippen LogP contribution in [0.3, 0.4) is 0 Å². The first-order valence-electron chi connectivity index (χ1n) is 7.41. The molecule has 0 saturated heterocycles. The highest BCUT2D eigenvalue weighted by atomic mass is 28.4. The Morgan fingerprint density at radius 2 is 1.85 bits per heavy atom. The van der Waals surface area contributed by atoms with Crippen molar-refractivity contribution in [1.29, 1.82) is 0 Å². The van der Waals surface area contributed by atoms with Crippen LogP contribution in [0.15, 0.2) is 18.2 Å². The third-order valence-electron chi connectivity index (χ3n) is 4.15. The van der Waals surface area contributed by atoms with E-state index in [1.165, 1.54) is 0 Å². The molecule has 0 fully saturated rings. The topological polar surface area (TPSA) is 26.3 Å². The maximum absolute atomic E-state index is 11.7. The van der Waals surface area contributed by atoms with Crippen LogP contribution in [0.2, 0.25) is 18.1 Å². The van der Waals surface area contributed by atoms with E-state index < -0.39 is 8.32 Å². The summed E-state index contributed by atoms with van der Waals surface area (Å²) in [5.41, 5.74) is 1.94. The highest BCUT2D eigenvalue weighted by Gasteiger charge is 2.39. The van der Waals surface area contributed by atoms with Gasteiger partial charge in [0.1, 0.15) is 5.75 Å². The van der Waals surface area contributed by atoms with Crippen molar-refractivity contribution in [3.05, 3.63) is 29.3 Å². The van der Waals surface area contributed by atoms with Gasteiger partial charge < -0.3 is 4.43 Å². The van der Waals surface area contributed by atoms with Crippen LogP contribution in [0.4, 0.5) is 0 Å². The first kappa shape index (κ1) is 17.0. The number of hydrogen-bond donors (Lipinski definition) is 0. The summed E-state index contributed by atoms with van der Waals surface area (Å²) < 4.78 is 6.32. The first-order chi connectivity index (χ1) is 9.08. The van der Waals surface area contributed by atoms with E-state index >= 15 is 0 Å². The molecule has 0 unspecified atom stereocenters. The van der Waals surface area contributed by atoms with Crippen molar-refractivity contribution in [2.45, 2.75) is 65.6 Å². The zero-order chi connectivity index (χ0) is 15.6. The molecule has 1 aromatic rings. The molecular weight excluding hydrogens is 264 g/mol. The SMILES string of the molecule is CCCc1cc(O[Si](C)(C)C(C)(C)C)ccc1C(C)=O. The fourth-order valence-corrected chi connectivity index (χ4v) is 2.92. The van der Waals surface area contributed by atoms with Gasteiger partial charge in [0.2, 0.25) is 8.32 Å². The van der Waals surface area contributed by atoms with Crippen molar-refractivity contribution >= 4 is 14.1 Å². The molecule has 1 rings (SSSR count). The van der Waals surface area contributed by atoms with E-state index in [9.17, 15) is 4.79 Å². The van der Waals surface area contributed by atoms with E-state index in [0.717, 1.165) is 29.7 Å². The Bertz CT molecular complexity index is 484. The lowest BCUT2D eigenvalue weighted by molar-refractivity contribution is 0.101. The summed E-state index contributed by atoms with van der Waals surface area (Å²) in [7, 11) is -1.82. The summed E-state index contributed by atoms with van der Waals surface area (Å²) in [6, 6.07) is 5.91. The monoisotopic (exact) mass is 292 g/mol. The average Bonchev–Trinajstić information content (AvgIpc) is 2.27. The molecule has 0 aliphatic rings. The van der Waals surface area contributed by atoms with Gasteiger partial charge in [0.05, 0.1) is 0 Å². The Morgan fingerprint density at radius 1 is 1.25 bits per heavy atom. The summed E-state index contributed by atoms with van der Waals surface area (Å²) >= 11 is 0. The molecule has 0 amide bonds. The van der Waals surface area contributed by atoms with E-state index in [1.54, 1.807) is 6.92 Å². The van der Waals surface area contributed by atoms with Crippen molar-refractivity contribution in [3.63, 3.8) is 0 Å². The number of aryl methyl sites for hydroxylation is 1. The lowest BCUT2D eigenvalue weighted by Gasteiger charge is -2.36. The molecule has 0 N–H and O–H groups in total. The van der Waals surface area contributed by atoms with Gasteiger partial charge in [-0.05, 0) is 55.2 Å². The molecule has 0 spiro atoms. The molecule has 0 aliphatic carbocycles. The van der Waals surface area contributed by atoms with Crippen molar-refractivity contribution in [3.8, 4) is 5.75 Å². The molecular formula is C17H28O2Si. The summed E-state index contributed by atoms with van der Waals surface area (Å²) in [4.78, 5) is 11.7. The maximum atomic E-state index is 11.7. The predicted molar refractivity (Wildman–Crippen MR) is 88.3 cm³/mol. The van der Waals surface area contributed by atoms with Crippen LogP contribution in [0.5, 0.6) is 5.75 Å². The Balaban J connectivity index is 3.10. The zero-order valence-corrected chi connectivity index (χ0v) is 15.0. The Kier molecular flexibility index (Phi) is 5.19. The minimum atomic E-state index is -1.82. The summed E-state index contributed by atoms with van der Waals surface area (Å²) in [5, 5.41) is 0.178. The normalized spacial score (nSPS) is 12.3. The second kappa shape index (κ2) is 6.13. The average molecular weight is 292 g/mol. The number of ketones is 1. The summed E-state index contributed by atoms with van der Waals surface area (Å²) in [6.07, 6.45) is 1.95. The van der Waals surface area contributed by atoms with Crippen LogP contribution < -0.4 is 4.43 Å². The quantitative estimate of drug-likeness (QED) is 0.549. The van der Waals surface area contributed by atoms with Crippen LogP contribution in [0.1, 0.15) is 57.0 Å². The van der Waals surface area contributed by atoms with Gasteiger partial charge in [-0.25, -0.2) is 0 Å². The van der Waals surface area contributed by atoms with Crippen LogP contribution >= 0.6 is 0 Å². The smallest absolute Gasteiger partial charge is 0.250 e. The van der Waals surface area contributed by atoms with Gasteiger partial charge in [0.25, 0.3) is 0 Å². The third-order valence-corrected chi connectivity index (χ3v) is 8.51. The number of rotatable bonds is 5. The zero-order valence-electron chi connectivity index (χ0n) is 14.0. The van der Waals surface area contributed by atoms with Crippen molar-refractivity contribution in [2.24, 2.45) is 0 Å². The number of benzene rings is 1. The summed E-state index contributed by atoms with van der Waals surface area (Å²) in [5.74, 6) is 1.04. The molecule has 0 radical (unpaired) electrons. The number of carbonyl (C=O) groups excluding carboxylic acids is 1. The van der Waals surface area contributed by atoms with Gasteiger partial charge in [-0.2, -0.15) is 0 Å². The molecule has 2 nitrogen and oxygen atoms in total. The Morgan fingerprint density at radius 3 is 2.30 bits per heavy atom. The largest absolute Gasteiger partial charge is 0.543 e. The highest BCUT2D eigenvalue weighted by molar-refractivity contribution is 6.74. The predicted octanol–water partition coefficient (Wildman–Crippen LogP) is 5.23. The molecule has 3 heteroatoms. The van der Waals surface area contributed by atoms with Crippen molar-refractivity contribution in [1.82, 2.24) is 0 Å². The minimum Gasteiger partial charge on any atom is -0.543 e. The minimum absolute atomic E-state index is 0.132. The standard InChI is InChI=1S/C17H28O2Si/c1-8-9-14-12-15(10-11-16(14)13(2)18)19-20(6,7)17(3,4)5/h10-12H,8-9H2,1-7H3. The summed E-state index contributed by atoms with van der Waals surface area (Å²) in [6.45, 7) is 14.9. The van der Waals surface area contributed by atoms with Crippen LogP contribution in [-0.4, -0.2) is 14.1 Å². The fraction of sp³-hybridized carbons (Fsp3) is 0.588. The van der Waals surface area contributed by atoms with E-state index in [0.29, 0.717) is 0 Å². The Labute approximate surface area is 124 Å². The lowest BCUT2D eigenvalue weighted by Crippen LogP contribution is -2.43. The number of Topliss-reactive ketones (excluding diaryl/α,β-unsaturated/α-hetero) is 1. The van der Waals surface area contributed by atoms with Crippen molar-refractivity contribution < 1.29 is 9.22 Å². The van der Waals surface area contributed by atoms with Gasteiger partial charge in [-0.1, -0.05) is 34.1 Å². The van der Waals surface area contributed by atoms with Crippen LogP contribution in [0, 0.1) is 0 Å². The van der Waals surface area contributed by atoms with E-state index in [2.05, 4.69) is 46.9 Å². The first-order valence-corrected chi connectivity index (χ1v) is 10.3. The van der Waals surface area contributed by atoms with E-state index in [4.69, 9.17) is 4.43 Å². The van der Waals surface area contributed by atoms with Gasteiger partial charge in [-0.3, -0.25) is 4.79 Å². The molecule has 112 valence electrons. The Hall–Kier alpha value is -1.09. The van der Waals surface area contributed by atoms with Gasteiger partial charge >= 0.3 is 0 Å². The van der Waals surface area contributed by atoms with Crippen LogP contribution in [-0.2, 0) is 6.42 Å². The second-order valence-corrected chi connectivity index (χ2v) is 11.7. The fourth-order valence-electron chi connectivity index (χ4n) is 1.90. The lowest BCUT2D eigenvalue weighted by atomic mass is 10.0. The maximum Gasteiger partial charge on any atom is 0.250 e. The molecule has 0 bridgehead atoms. The highest BCUT2D eigenvalue weighted by Crippen LogP contribution is 2.37. The molecule has 0 atom stereocenters. The van der Waals surface area contributed by atoms with Crippen molar-refractivity contribution in [2.75, 3.05) is 0 Å². The van der Waals surface area contributed by atoms with E-state index in [-0.39, 0.29) is 10.8 Å². The molecule has 0 saturated carbocycles. The van der Waals surface area contributed by atoms with Gasteiger partial charge in [0.15, 0.2) is 5.78 Å². The third kappa shape index (κ3) is 3.95. The molecule has 20 heavy (non-hydrogen) atoms. The molecule has 0 aliphatic heterocycles. The number of hydrogen-bond acceptors (Lipinski definition) is 2.